The maximum Gasteiger partial charge on any atom is 0.223 e. The van der Waals surface area contributed by atoms with Gasteiger partial charge >= 0.3 is 0 Å². The number of rotatable bonds is 5. The van der Waals surface area contributed by atoms with Gasteiger partial charge in [0.15, 0.2) is 0 Å². The van der Waals surface area contributed by atoms with Crippen molar-refractivity contribution in [2.24, 2.45) is 5.92 Å². The molecule has 1 amide bonds. The van der Waals surface area contributed by atoms with E-state index in [0.717, 1.165) is 17.7 Å². The molecule has 35 heavy (non-hydrogen) atoms. The van der Waals surface area contributed by atoms with E-state index in [4.69, 9.17) is 4.74 Å². The van der Waals surface area contributed by atoms with E-state index in [-0.39, 0.29) is 17.9 Å². The van der Waals surface area contributed by atoms with Crippen LogP contribution in [0.5, 0.6) is 0 Å². The van der Waals surface area contributed by atoms with Crippen LogP contribution in [-0.2, 0) is 35.5 Å². The van der Waals surface area contributed by atoms with Crippen LogP contribution in [0.1, 0.15) is 23.2 Å². The SMILES string of the molecule is O=C1N[C@@H](Cc2ccccc2)COCc2cnnn2CC[C@@H]1Cc1ccc(-c2ccccc2)cc1. The van der Waals surface area contributed by atoms with Crippen LogP contribution in [0.2, 0.25) is 0 Å². The zero-order chi connectivity index (χ0) is 23.9. The second-order valence-electron chi connectivity index (χ2n) is 9.11. The summed E-state index contributed by atoms with van der Waals surface area (Å²) in [5.41, 5.74) is 5.62. The Morgan fingerprint density at radius 2 is 1.54 bits per heavy atom. The minimum absolute atomic E-state index is 0.0604. The predicted molar refractivity (Wildman–Crippen MR) is 135 cm³/mol. The van der Waals surface area contributed by atoms with E-state index in [1.165, 1.54) is 16.7 Å². The molecule has 5 rings (SSSR count). The molecular formula is C29H30N4O2. The number of nitrogens with zero attached hydrogens (tertiary/aromatic N) is 3. The molecule has 2 atom stereocenters. The van der Waals surface area contributed by atoms with E-state index in [1.54, 1.807) is 6.20 Å². The number of aromatic nitrogens is 3. The molecule has 0 unspecified atom stereocenters. The molecule has 4 aromatic rings. The van der Waals surface area contributed by atoms with Gasteiger partial charge in [0.2, 0.25) is 5.91 Å². The summed E-state index contributed by atoms with van der Waals surface area (Å²) in [5, 5.41) is 11.6. The molecule has 0 saturated heterocycles. The van der Waals surface area contributed by atoms with Crippen molar-refractivity contribution >= 4 is 5.91 Å². The molecule has 6 heteroatoms. The average Bonchev–Trinajstić information content (AvgIpc) is 3.34. The van der Waals surface area contributed by atoms with Gasteiger partial charge in [-0.05, 0) is 41.5 Å². The number of hydrogen-bond donors (Lipinski definition) is 1. The summed E-state index contributed by atoms with van der Waals surface area (Å²) in [6.07, 6.45) is 3.82. The highest BCUT2D eigenvalue weighted by molar-refractivity contribution is 5.79. The number of fused-ring (bicyclic) bond motifs is 1. The molecule has 6 nitrogen and oxygen atoms in total. The van der Waals surface area contributed by atoms with E-state index >= 15 is 0 Å². The van der Waals surface area contributed by atoms with Crippen molar-refractivity contribution in [2.75, 3.05) is 6.61 Å². The quantitative estimate of drug-likeness (QED) is 0.472. The smallest absolute Gasteiger partial charge is 0.223 e. The van der Waals surface area contributed by atoms with Crippen molar-refractivity contribution in [1.82, 2.24) is 20.3 Å². The van der Waals surface area contributed by atoms with Crippen molar-refractivity contribution < 1.29 is 9.53 Å². The largest absolute Gasteiger partial charge is 0.373 e. The number of nitrogens with one attached hydrogen (secondary N) is 1. The summed E-state index contributed by atoms with van der Waals surface area (Å²) in [4.78, 5) is 13.5. The summed E-state index contributed by atoms with van der Waals surface area (Å²) in [6.45, 7) is 1.49. The molecule has 2 heterocycles. The molecule has 0 fully saturated rings. The van der Waals surface area contributed by atoms with Crippen LogP contribution >= 0.6 is 0 Å². The number of carbonyl (C=O) groups excluding carboxylic acids is 1. The predicted octanol–water partition coefficient (Wildman–Crippen LogP) is 4.45. The molecular weight excluding hydrogens is 436 g/mol. The first-order valence-corrected chi connectivity index (χ1v) is 12.2. The Balaban J connectivity index is 1.34. The van der Waals surface area contributed by atoms with E-state index in [9.17, 15) is 4.79 Å². The fourth-order valence-corrected chi connectivity index (χ4v) is 4.61. The Kier molecular flexibility index (Phi) is 7.29. The number of hydrogen-bond acceptors (Lipinski definition) is 4. The lowest BCUT2D eigenvalue weighted by molar-refractivity contribution is -0.126. The molecule has 1 aromatic heterocycles. The zero-order valence-corrected chi connectivity index (χ0v) is 19.7. The standard InChI is InChI=1S/C29H30N4O2/c34-29-26(17-23-11-13-25(14-12-23)24-9-5-2-6-10-24)15-16-33-28(19-30-32-33)21-35-20-27(31-29)18-22-7-3-1-4-8-22/h1-14,19,26-27H,15-18,20-21H2,(H,31,34)/t26-,27+/m1/s1. The average molecular weight is 467 g/mol. The first kappa shape index (κ1) is 23.0. The van der Waals surface area contributed by atoms with Crippen molar-refractivity contribution in [3.8, 4) is 11.1 Å². The monoisotopic (exact) mass is 466 g/mol. The van der Waals surface area contributed by atoms with Crippen LogP contribution in [0.25, 0.3) is 11.1 Å². The van der Waals surface area contributed by atoms with Crippen molar-refractivity contribution in [1.29, 1.82) is 0 Å². The van der Waals surface area contributed by atoms with Crippen molar-refractivity contribution in [2.45, 2.75) is 38.5 Å². The molecule has 178 valence electrons. The Morgan fingerprint density at radius 3 is 2.31 bits per heavy atom. The third kappa shape index (κ3) is 6.03. The maximum atomic E-state index is 13.5. The Labute approximate surface area is 206 Å². The molecule has 3 aromatic carbocycles. The number of aryl methyl sites for hydroxylation is 1. The first-order valence-electron chi connectivity index (χ1n) is 12.2. The van der Waals surface area contributed by atoms with E-state index in [1.807, 2.05) is 41.1 Å². The molecule has 1 N–H and O–H groups in total. The lowest BCUT2D eigenvalue weighted by atomic mass is 9.93. The molecule has 0 saturated carbocycles. The van der Waals surface area contributed by atoms with Gasteiger partial charge in [-0.25, -0.2) is 4.68 Å². The highest BCUT2D eigenvalue weighted by Crippen LogP contribution is 2.22. The third-order valence-corrected chi connectivity index (χ3v) is 6.54. The lowest BCUT2D eigenvalue weighted by Gasteiger charge is -2.22. The molecule has 1 aliphatic heterocycles. The number of amides is 1. The number of ether oxygens (including phenoxy) is 1. The third-order valence-electron chi connectivity index (χ3n) is 6.54. The molecule has 0 bridgehead atoms. The minimum atomic E-state index is -0.175. The van der Waals surface area contributed by atoms with Gasteiger partial charge in [0.1, 0.15) is 0 Å². The van der Waals surface area contributed by atoms with Crippen LogP contribution < -0.4 is 5.32 Å². The van der Waals surface area contributed by atoms with Crippen molar-refractivity contribution in [3.05, 3.63) is 108 Å². The summed E-state index contributed by atoms with van der Waals surface area (Å²) >= 11 is 0. The summed E-state index contributed by atoms with van der Waals surface area (Å²) in [5.74, 6) is -0.115. The van der Waals surface area contributed by atoms with Crippen LogP contribution in [0.3, 0.4) is 0 Å². The molecule has 1 aliphatic rings. The first-order chi connectivity index (χ1) is 17.2. The fraction of sp³-hybridized carbons (Fsp3) is 0.276. The van der Waals surface area contributed by atoms with Crippen LogP contribution in [-0.4, -0.2) is 33.5 Å². The maximum absolute atomic E-state index is 13.5. The zero-order valence-electron chi connectivity index (χ0n) is 19.7. The highest BCUT2D eigenvalue weighted by Gasteiger charge is 2.24. The van der Waals surface area contributed by atoms with Gasteiger partial charge in [0.05, 0.1) is 31.1 Å². The van der Waals surface area contributed by atoms with E-state index in [2.05, 4.69) is 64.2 Å². The second kappa shape index (κ2) is 11.1. The summed E-state index contributed by atoms with van der Waals surface area (Å²) < 4.78 is 7.83. The summed E-state index contributed by atoms with van der Waals surface area (Å²) in [7, 11) is 0. The van der Waals surface area contributed by atoms with Gasteiger partial charge < -0.3 is 10.1 Å². The normalized spacial score (nSPS) is 18.8. The minimum Gasteiger partial charge on any atom is -0.373 e. The fourth-order valence-electron chi connectivity index (χ4n) is 4.61. The second-order valence-corrected chi connectivity index (χ2v) is 9.11. The van der Waals surface area contributed by atoms with Gasteiger partial charge in [-0.15, -0.1) is 5.10 Å². The molecule has 0 radical (unpaired) electrons. The van der Waals surface area contributed by atoms with Gasteiger partial charge in [-0.1, -0.05) is 90.1 Å². The van der Waals surface area contributed by atoms with E-state index < -0.39 is 0 Å². The van der Waals surface area contributed by atoms with E-state index in [0.29, 0.717) is 32.6 Å². The molecule has 0 spiro atoms. The van der Waals surface area contributed by atoms with Crippen LogP contribution in [0.4, 0.5) is 0 Å². The van der Waals surface area contributed by atoms with Gasteiger partial charge in [0, 0.05) is 12.5 Å². The Bertz CT molecular complexity index is 1220. The topological polar surface area (TPSA) is 69.0 Å². The molecule has 0 aliphatic carbocycles. The number of benzene rings is 3. The van der Waals surface area contributed by atoms with Gasteiger partial charge in [0.25, 0.3) is 0 Å². The van der Waals surface area contributed by atoms with Gasteiger partial charge in [-0.2, -0.15) is 0 Å². The van der Waals surface area contributed by atoms with Crippen LogP contribution in [0, 0.1) is 5.92 Å². The highest BCUT2D eigenvalue weighted by atomic mass is 16.5. The van der Waals surface area contributed by atoms with Crippen LogP contribution in [0.15, 0.2) is 91.1 Å². The Hall–Kier alpha value is -3.77. The lowest BCUT2D eigenvalue weighted by Crippen LogP contribution is -2.43. The summed E-state index contributed by atoms with van der Waals surface area (Å²) in [6, 6.07) is 29.0. The van der Waals surface area contributed by atoms with Crippen molar-refractivity contribution in [3.63, 3.8) is 0 Å². The number of carbonyl (C=O) groups is 1. The van der Waals surface area contributed by atoms with Gasteiger partial charge in [-0.3, -0.25) is 4.79 Å². The Morgan fingerprint density at radius 1 is 0.857 bits per heavy atom.